The number of ether oxygens (including phenoxy) is 1. The van der Waals surface area contributed by atoms with E-state index in [-0.39, 0.29) is 18.2 Å². The van der Waals surface area contributed by atoms with Crippen LogP contribution in [0, 0.1) is 0 Å². The molecule has 2 amide bonds. The number of carbonyl (C=O) groups excluding carboxylic acids is 2. The fourth-order valence-corrected chi connectivity index (χ4v) is 2.36. The summed E-state index contributed by atoms with van der Waals surface area (Å²) in [5.74, 6) is -0.227. The van der Waals surface area contributed by atoms with Crippen LogP contribution in [0.25, 0.3) is 10.8 Å². The standard InChI is InChI=1S/C19H24N2O3/c1-2-24-13-5-11-20-18(22)10-12-21-19(23)17-9-8-15-6-3-4-7-16(15)14-17/h3-4,6-9,14H,2,5,10-13H2,1H3,(H,20,22)(H,21,23). The molecule has 2 aromatic rings. The normalized spacial score (nSPS) is 10.5. The highest BCUT2D eigenvalue weighted by atomic mass is 16.5. The number of fused-ring (bicyclic) bond motifs is 1. The van der Waals surface area contributed by atoms with Crippen molar-refractivity contribution in [3.8, 4) is 0 Å². The molecule has 0 radical (unpaired) electrons. The van der Waals surface area contributed by atoms with Gasteiger partial charge in [0.2, 0.25) is 5.91 Å². The predicted octanol–water partition coefficient (Wildman–Crippen LogP) is 2.50. The van der Waals surface area contributed by atoms with Gasteiger partial charge in [-0.05, 0) is 36.2 Å². The summed E-state index contributed by atoms with van der Waals surface area (Å²) >= 11 is 0. The van der Waals surface area contributed by atoms with Crippen LogP contribution in [0.1, 0.15) is 30.1 Å². The lowest BCUT2D eigenvalue weighted by atomic mass is 10.1. The van der Waals surface area contributed by atoms with Crippen LogP contribution in [-0.2, 0) is 9.53 Å². The zero-order valence-electron chi connectivity index (χ0n) is 14.0. The predicted molar refractivity (Wildman–Crippen MR) is 95.0 cm³/mol. The Morgan fingerprint density at radius 3 is 2.58 bits per heavy atom. The second-order valence-electron chi connectivity index (χ2n) is 5.47. The summed E-state index contributed by atoms with van der Waals surface area (Å²) in [5.41, 5.74) is 0.603. The molecule has 0 aliphatic heterocycles. The fraction of sp³-hybridized carbons (Fsp3) is 0.368. The molecular weight excluding hydrogens is 304 g/mol. The molecule has 0 fully saturated rings. The third-order valence-corrected chi connectivity index (χ3v) is 3.64. The van der Waals surface area contributed by atoms with Crippen molar-refractivity contribution < 1.29 is 14.3 Å². The number of benzene rings is 2. The van der Waals surface area contributed by atoms with Gasteiger partial charge >= 0.3 is 0 Å². The first-order valence-electron chi connectivity index (χ1n) is 8.32. The minimum Gasteiger partial charge on any atom is -0.382 e. The Hall–Kier alpha value is -2.40. The summed E-state index contributed by atoms with van der Waals surface area (Å²) in [6, 6.07) is 13.5. The number of amides is 2. The van der Waals surface area contributed by atoms with Crippen molar-refractivity contribution in [2.45, 2.75) is 19.8 Å². The zero-order chi connectivity index (χ0) is 17.2. The lowest BCUT2D eigenvalue weighted by Gasteiger charge is -2.07. The highest BCUT2D eigenvalue weighted by Crippen LogP contribution is 2.15. The number of rotatable bonds is 9. The van der Waals surface area contributed by atoms with Gasteiger partial charge in [-0.15, -0.1) is 0 Å². The second kappa shape index (κ2) is 9.67. The maximum absolute atomic E-state index is 12.1. The molecule has 0 unspecified atom stereocenters. The van der Waals surface area contributed by atoms with Gasteiger partial charge in [-0.2, -0.15) is 0 Å². The molecule has 0 aliphatic rings. The van der Waals surface area contributed by atoms with Crippen molar-refractivity contribution in [2.75, 3.05) is 26.3 Å². The zero-order valence-corrected chi connectivity index (χ0v) is 14.0. The number of nitrogens with one attached hydrogen (secondary N) is 2. The summed E-state index contributed by atoms with van der Waals surface area (Å²) in [6.45, 7) is 4.20. The fourth-order valence-electron chi connectivity index (χ4n) is 2.36. The minimum atomic E-state index is -0.162. The summed E-state index contributed by atoms with van der Waals surface area (Å²) in [6.07, 6.45) is 1.07. The number of hydrogen-bond acceptors (Lipinski definition) is 3. The number of carbonyl (C=O) groups is 2. The lowest BCUT2D eigenvalue weighted by molar-refractivity contribution is -0.120. The molecular formula is C19H24N2O3. The highest BCUT2D eigenvalue weighted by Gasteiger charge is 2.07. The molecule has 0 bridgehead atoms. The molecule has 128 valence electrons. The first-order chi connectivity index (χ1) is 11.7. The van der Waals surface area contributed by atoms with Gasteiger partial charge in [-0.25, -0.2) is 0 Å². The van der Waals surface area contributed by atoms with E-state index >= 15 is 0 Å². The van der Waals surface area contributed by atoms with E-state index in [9.17, 15) is 9.59 Å². The maximum atomic E-state index is 12.1. The molecule has 0 saturated heterocycles. The van der Waals surface area contributed by atoms with Gasteiger partial charge in [0.05, 0.1) is 0 Å². The molecule has 0 spiro atoms. The Morgan fingerprint density at radius 1 is 1.00 bits per heavy atom. The van der Waals surface area contributed by atoms with E-state index < -0.39 is 0 Å². The third kappa shape index (κ3) is 5.66. The van der Waals surface area contributed by atoms with Crippen molar-refractivity contribution in [1.82, 2.24) is 10.6 Å². The average Bonchev–Trinajstić information content (AvgIpc) is 2.61. The van der Waals surface area contributed by atoms with E-state index in [0.717, 1.165) is 17.2 Å². The molecule has 2 aromatic carbocycles. The Balaban J connectivity index is 1.71. The van der Waals surface area contributed by atoms with Gasteiger partial charge in [0, 0.05) is 38.3 Å². The molecule has 0 aliphatic carbocycles. The Morgan fingerprint density at radius 2 is 1.79 bits per heavy atom. The first kappa shape index (κ1) is 17.9. The topological polar surface area (TPSA) is 67.4 Å². The van der Waals surface area contributed by atoms with Crippen molar-refractivity contribution in [3.63, 3.8) is 0 Å². The molecule has 0 aromatic heterocycles. The van der Waals surface area contributed by atoms with Crippen LogP contribution in [0.15, 0.2) is 42.5 Å². The largest absolute Gasteiger partial charge is 0.382 e. The van der Waals surface area contributed by atoms with Gasteiger partial charge in [0.25, 0.3) is 5.91 Å². The molecule has 24 heavy (non-hydrogen) atoms. The molecule has 2 rings (SSSR count). The van der Waals surface area contributed by atoms with Crippen LogP contribution in [0.2, 0.25) is 0 Å². The summed E-state index contributed by atoms with van der Waals surface area (Å²) in [4.78, 5) is 23.8. The van der Waals surface area contributed by atoms with Gasteiger partial charge < -0.3 is 15.4 Å². The Bertz CT molecular complexity index is 685. The van der Waals surface area contributed by atoms with E-state index in [1.165, 1.54) is 0 Å². The van der Waals surface area contributed by atoms with Crippen LogP contribution in [0.3, 0.4) is 0 Å². The average molecular weight is 328 g/mol. The van der Waals surface area contributed by atoms with E-state index in [0.29, 0.717) is 31.9 Å². The molecule has 5 heteroatoms. The second-order valence-corrected chi connectivity index (χ2v) is 5.47. The van der Waals surface area contributed by atoms with E-state index in [1.54, 1.807) is 6.07 Å². The van der Waals surface area contributed by atoms with Crippen molar-refractivity contribution in [3.05, 3.63) is 48.0 Å². The number of hydrogen-bond donors (Lipinski definition) is 2. The molecule has 2 N–H and O–H groups in total. The smallest absolute Gasteiger partial charge is 0.251 e. The Kier molecular flexibility index (Phi) is 7.23. The van der Waals surface area contributed by atoms with Gasteiger partial charge in [-0.1, -0.05) is 30.3 Å². The molecule has 0 heterocycles. The summed E-state index contributed by atoms with van der Waals surface area (Å²) in [5, 5.41) is 7.71. The third-order valence-electron chi connectivity index (χ3n) is 3.64. The highest BCUT2D eigenvalue weighted by molar-refractivity contribution is 5.98. The van der Waals surface area contributed by atoms with Crippen molar-refractivity contribution >= 4 is 22.6 Å². The summed E-state index contributed by atoms with van der Waals surface area (Å²) in [7, 11) is 0. The minimum absolute atomic E-state index is 0.0645. The maximum Gasteiger partial charge on any atom is 0.251 e. The first-order valence-corrected chi connectivity index (χ1v) is 8.32. The Labute approximate surface area is 142 Å². The molecule has 5 nitrogen and oxygen atoms in total. The van der Waals surface area contributed by atoms with Crippen LogP contribution in [0.4, 0.5) is 0 Å². The SMILES string of the molecule is CCOCCCNC(=O)CCNC(=O)c1ccc2ccccc2c1. The molecule has 0 saturated carbocycles. The van der Waals surface area contributed by atoms with Crippen molar-refractivity contribution in [1.29, 1.82) is 0 Å². The van der Waals surface area contributed by atoms with Crippen molar-refractivity contribution in [2.24, 2.45) is 0 Å². The van der Waals surface area contributed by atoms with E-state index in [2.05, 4.69) is 10.6 Å². The van der Waals surface area contributed by atoms with Crippen LogP contribution < -0.4 is 10.6 Å². The van der Waals surface area contributed by atoms with E-state index in [1.807, 2.05) is 43.3 Å². The van der Waals surface area contributed by atoms with Gasteiger partial charge in [-0.3, -0.25) is 9.59 Å². The summed E-state index contributed by atoms with van der Waals surface area (Å²) < 4.78 is 5.20. The monoisotopic (exact) mass is 328 g/mol. The quantitative estimate of drug-likeness (QED) is 0.695. The van der Waals surface area contributed by atoms with Crippen LogP contribution in [-0.4, -0.2) is 38.1 Å². The van der Waals surface area contributed by atoms with Crippen LogP contribution in [0.5, 0.6) is 0 Å². The van der Waals surface area contributed by atoms with Gasteiger partial charge in [0.15, 0.2) is 0 Å². The molecule has 0 atom stereocenters. The van der Waals surface area contributed by atoms with Gasteiger partial charge in [0.1, 0.15) is 0 Å². The van der Waals surface area contributed by atoms with E-state index in [4.69, 9.17) is 4.74 Å². The van der Waals surface area contributed by atoms with Crippen LogP contribution >= 0.6 is 0 Å². The lowest BCUT2D eigenvalue weighted by Crippen LogP contribution is -2.31.